The lowest BCUT2D eigenvalue weighted by atomic mass is 10.1. The smallest absolute Gasteiger partial charge is 0.164 e. The Labute approximate surface area is 74.4 Å². The molecule has 0 aliphatic heterocycles. The van der Waals surface area contributed by atoms with Crippen LogP contribution in [0.4, 0.5) is 0 Å². The molecule has 0 radical (unpaired) electrons. The van der Waals surface area contributed by atoms with E-state index >= 15 is 0 Å². The van der Waals surface area contributed by atoms with Crippen LogP contribution in [0.25, 0.3) is 0 Å². The number of Topliss-reactive ketones (excluding diaryl/α,β-unsaturated/α-hetero) is 1. The van der Waals surface area contributed by atoms with E-state index in [1.54, 1.807) is 13.3 Å². The summed E-state index contributed by atoms with van der Waals surface area (Å²) in [5, 5.41) is 0. The average Bonchev–Trinajstić information content (AvgIpc) is 2.10. The van der Waals surface area contributed by atoms with Crippen LogP contribution in [0.1, 0.15) is 33.1 Å². The minimum Gasteiger partial charge on any atom is -0.296 e. The lowest BCUT2D eigenvalue weighted by molar-refractivity contribution is -0.115. The molecule has 0 saturated carbocycles. The molecule has 0 heterocycles. The van der Waals surface area contributed by atoms with Gasteiger partial charge in [-0.15, -0.1) is 0 Å². The van der Waals surface area contributed by atoms with Crippen LogP contribution < -0.4 is 0 Å². The first-order valence-electron chi connectivity index (χ1n) is 4.37. The number of nitrogens with zero attached hydrogens (tertiary/aromatic N) is 1. The summed E-state index contributed by atoms with van der Waals surface area (Å²) in [5.41, 5.74) is 0.728. The summed E-state index contributed by atoms with van der Waals surface area (Å²) in [6, 6.07) is 0. The van der Waals surface area contributed by atoms with E-state index in [2.05, 4.69) is 11.9 Å². The lowest BCUT2D eigenvalue weighted by Gasteiger charge is -1.98. The van der Waals surface area contributed by atoms with Crippen LogP contribution in [0.15, 0.2) is 16.6 Å². The molecule has 12 heavy (non-hydrogen) atoms. The predicted molar refractivity (Wildman–Crippen MR) is 52.7 cm³/mol. The Kier molecular flexibility index (Phi) is 6.25. The highest BCUT2D eigenvalue weighted by atomic mass is 16.1. The Hall–Kier alpha value is -0.920. The van der Waals surface area contributed by atoms with Gasteiger partial charge in [-0.2, -0.15) is 0 Å². The number of carbonyl (C=O) groups is 1. The van der Waals surface area contributed by atoms with Gasteiger partial charge in [-0.05, 0) is 13.3 Å². The van der Waals surface area contributed by atoms with E-state index in [1.807, 2.05) is 13.0 Å². The molecule has 0 fully saturated rings. The number of rotatable bonds is 5. The Balaban J connectivity index is 4.05. The summed E-state index contributed by atoms with van der Waals surface area (Å²) < 4.78 is 0. The van der Waals surface area contributed by atoms with Crippen molar-refractivity contribution in [3.8, 4) is 0 Å². The summed E-state index contributed by atoms with van der Waals surface area (Å²) in [5.74, 6) is 0.199. The lowest BCUT2D eigenvalue weighted by Crippen LogP contribution is -2.03. The second-order valence-electron chi connectivity index (χ2n) is 2.66. The third-order valence-electron chi connectivity index (χ3n) is 1.66. The molecular formula is C10H17NO. The summed E-state index contributed by atoms with van der Waals surface area (Å²) in [4.78, 5) is 15.2. The van der Waals surface area contributed by atoms with Crippen molar-refractivity contribution >= 4 is 12.0 Å². The van der Waals surface area contributed by atoms with Crippen LogP contribution in [0.2, 0.25) is 0 Å². The van der Waals surface area contributed by atoms with E-state index in [4.69, 9.17) is 0 Å². The summed E-state index contributed by atoms with van der Waals surface area (Å²) >= 11 is 0. The van der Waals surface area contributed by atoms with Crippen LogP contribution in [-0.4, -0.2) is 19.0 Å². The second-order valence-corrected chi connectivity index (χ2v) is 2.66. The number of aliphatic imine (C=N–C) groups is 1. The molecule has 0 amide bonds. The normalized spacial score (nSPS) is 12.4. The average molecular weight is 167 g/mol. The third-order valence-corrected chi connectivity index (χ3v) is 1.66. The highest BCUT2D eigenvalue weighted by molar-refractivity contribution is 6.13. The van der Waals surface area contributed by atoms with E-state index in [9.17, 15) is 4.79 Å². The van der Waals surface area contributed by atoms with E-state index in [-0.39, 0.29) is 5.78 Å². The molecule has 0 unspecified atom stereocenters. The van der Waals surface area contributed by atoms with Gasteiger partial charge < -0.3 is 0 Å². The molecule has 0 bridgehead atoms. The van der Waals surface area contributed by atoms with Gasteiger partial charge in [0.25, 0.3) is 0 Å². The maximum atomic E-state index is 11.4. The molecule has 0 atom stereocenters. The van der Waals surface area contributed by atoms with E-state index in [0.717, 1.165) is 18.4 Å². The topological polar surface area (TPSA) is 29.4 Å². The van der Waals surface area contributed by atoms with Gasteiger partial charge in [0, 0.05) is 25.3 Å². The Bertz CT molecular complexity index is 192. The highest BCUT2D eigenvalue weighted by Gasteiger charge is 2.04. The molecule has 0 N–H and O–H groups in total. The van der Waals surface area contributed by atoms with Gasteiger partial charge >= 0.3 is 0 Å². The number of ketones is 1. The van der Waals surface area contributed by atoms with Crippen molar-refractivity contribution in [2.24, 2.45) is 4.99 Å². The number of hydrogen-bond donors (Lipinski definition) is 0. The highest BCUT2D eigenvalue weighted by Crippen LogP contribution is 2.02. The van der Waals surface area contributed by atoms with E-state index in [0.29, 0.717) is 6.42 Å². The first-order valence-corrected chi connectivity index (χ1v) is 4.37. The van der Waals surface area contributed by atoms with Gasteiger partial charge in [0.05, 0.1) is 0 Å². The SMILES string of the molecule is C/C=C(\C=N/C)C(=O)CCCC. The summed E-state index contributed by atoms with van der Waals surface area (Å²) in [6.07, 6.45) is 6.10. The van der Waals surface area contributed by atoms with Crippen LogP contribution in [-0.2, 0) is 4.79 Å². The van der Waals surface area contributed by atoms with Gasteiger partial charge in [-0.1, -0.05) is 19.4 Å². The minimum absolute atomic E-state index is 0.199. The van der Waals surface area contributed by atoms with Crippen molar-refractivity contribution in [3.05, 3.63) is 11.6 Å². The minimum atomic E-state index is 0.199. The van der Waals surface area contributed by atoms with E-state index < -0.39 is 0 Å². The van der Waals surface area contributed by atoms with Crippen LogP contribution >= 0.6 is 0 Å². The third kappa shape index (κ3) is 4.06. The molecule has 68 valence electrons. The number of unbranched alkanes of at least 4 members (excludes halogenated alkanes) is 1. The van der Waals surface area contributed by atoms with Gasteiger partial charge in [0.15, 0.2) is 5.78 Å². The Morgan fingerprint density at radius 2 is 2.17 bits per heavy atom. The predicted octanol–water partition coefficient (Wildman–Crippen LogP) is 2.39. The molecule has 0 aliphatic rings. The van der Waals surface area contributed by atoms with Gasteiger partial charge in [0.1, 0.15) is 0 Å². The van der Waals surface area contributed by atoms with Gasteiger partial charge in [-0.3, -0.25) is 9.79 Å². The molecule has 0 rings (SSSR count). The van der Waals surface area contributed by atoms with Crippen molar-refractivity contribution in [2.75, 3.05) is 7.05 Å². The maximum absolute atomic E-state index is 11.4. The molecule has 0 saturated heterocycles. The fraction of sp³-hybridized carbons (Fsp3) is 0.600. The zero-order valence-electron chi connectivity index (χ0n) is 8.13. The fourth-order valence-corrected chi connectivity index (χ4v) is 0.928. The van der Waals surface area contributed by atoms with Crippen molar-refractivity contribution in [1.82, 2.24) is 0 Å². The Morgan fingerprint density at radius 3 is 2.58 bits per heavy atom. The molecule has 0 aromatic heterocycles. The first kappa shape index (κ1) is 11.1. The monoisotopic (exact) mass is 167 g/mol. The Morgan fingerprint density at radius 1 is 1.50 bits per heavy atom. The van der Waals surface area contributed by atoms with Crippen molar-refractivity contribution in [2.45, 2.75) is 33.1 Å². The molecule has 2 heteroatoms. The molecule has 0 aliphatic carbocycles. The second kappa shape index (κ2) is 6.77. The number of hydrogen-bond acceptors (Lipinski definition) is 2. The van der Waals surface area contributed by atoms with Gasteiger partial charge in [-0.25, -0.2) is 0 Å². The van der Waals surface area contributed by atoms with Crippen LogP contribution in [0.3, 0.4) is 0 Å². The largest absolute Gasteiger partial charge is 0.296 e. The van der Waals surface area contributed by atoms with Crippen molar-refractivity contribution < 1.29 is 4.79 Å². The molecule has 0 aromatic rings. The number of carbonyl (C=O) groups excluding carboxylic acids is 1. The fourth-order valence-electron chi connectivity index (χ4n) is 0.928. The van der Waals surface area contributed by atoms with Crippen LogP contribution in [0, 0.1) is 0 Å². The van der Waals surface area contributed by atoms with E-state index in [1.165, 1.54) is 0 Å². The first-order chi connectivity index (χ1) is 5.76. The summed E-state index contributed by atoms with van der Waals surface area (Å²) in [6.45, 7) is 3.94. The molecule has 0 aromatic carbocycles. The van der Waals surface area contributed by atoms with Crippen molar-refractivity contribution in [3.63, 3.8) is 0 Å². The molecule has 2 nitrogen and oxygen atoms in total. The molecule has 0 spiro atoms. The van der Waals surface area contributed by atoms with Crippen LogP contribution in [0.5, 0.6) is 0 Å². The maximum Gasteiger partial charge on any atom is 0.164 e. The van der Waals surface area contributed by atoms with Crippen molar-refractivity contribution in [1.29, 1.82) is 0 Å². The quantitative estimate of drug-likeness (QED) is 0.456. The standard InChI is InChI=1S/C10H17NO/c1-4-6-7-10(12)9(5-2)8-11-3/h5,8H,4,6-7H2,1-3H3/b9-5+,11-8-. The number of allylic oxidation sites excluding steroid dienone is 2. The summed E-state index contributed by atoms with van der Waals surface area (Å²) in [7, 11) is 1.68. The zero-order chi connectivity index (χ0) is 9.40. The van der Waals surface area contributed by atoms with Gasteiger partial charge in [0.2, 0.25) is 0 Å². The zero-order valence-corrected chi connectivity index (χ0v) is 8.13. The molecular weight excluding hydrogens is 150 g/mol.